The van der Waals surface area contributed by atoms with E-state index in [4.69, 9.17) is 10.5 Å². The van der Waals surface area contributed by atoms with Crippen LogP contribution in [-0.4, -0.2) is 50.3 Å². The Balaban J connectivity index is 2.01. The van der Waals surface area contributed by atoms with Crippen molar-refractivity contribution in [3.63, 3.8) is 0 Å². The zero-order valence-corrected chi connectivity index (χ0v) is 12.1. The van der Waals surface area contributed by atoms with Gasteiger partial charge in [0.25, 0.3) is 5.91 Å². The molecular formula is C14H19N3O4. The van der Waals surface area contributed by atoms with E-state index in [1.54, 1.807) is 23.1 Å². The molecule has 1 heterocycles. The third-order valence-corrected chi connectivity index (χ3v) is 3.46. The van der Waals surface area contributed by atoms with E-state index in [0.717, 1.165) is 0 Å². The van der Waals surface area contributed by atoms with Crippen molar-refractivity contribution in [3.8, 4) is 5.75 Å². The summed E-state index contributed by atoms with van der Waals surface area (Å²) >= 11 is 0. The van der Waals surface area contributed by atoms with E-state index in [1.807, 2.05) is 0 Å². The highest BCUT2D eigenvalue weighted by atomic mass is 16.5. The molecule has 1 unspecified atom stereocenters. The summed E-state index contributed by atoms with van der Waals surface area (Å²) in [6.07, 6.45) is 0.218. The molecule has 0 spiro atoms. The molecule has 0 aliphatic carbocycles. The Morgan fingerprint density at radius 2 is 2.14 bits per heavy atom. The number of hydrogen-bond donors (Lipinski definition) is 2. The lowest BCUT2D eigenvalue weighted by Gasteiger charge is -2.17. The van der Waals surface area contributed by atoms with E-state index in [0.29, 0.717) is 36.5 Å². The molecular weight excluding hydrogens is 274 g/mol. The van der Waals surface area contributed by atoms with E-state index < -0.39 is 6.09 Å². The Morgan fingerprint density at radius 1 is 1.38 bits per heavy atom. The monoisotopic (exact) mass is 293 g/mol. The van der Waals surface area contributed by atoms with Crippen molar-refractivity contribution >= 4 is 17.7 Å². The zero-order chi connectivity index (χ0) is 15.4. The van der Waals surface area contributed by atoms with Crippen LogP contribution in [0.2, 0.25) is 0 Å². The van der Waals surface area contributed by atoms with Crippen LogP contribution in [-0.2, 0) is 4.74 Å². The van der Waals surface area contributed by atoms with Crippen LogP contribution >= 0.6 is 0 Å². The summed E-state index contributed by atoms with van der Waals surface area (Å²) < 4.78 is 9.62. The maximum absolute atomic E-state index is 12.4. The maximum atomic E-state index is 12.4. The first-order valence-electron chi connectivity index (χ1n) is 6.62. The molecule has 1 aliphatic rings. The Labute approximate surface area is 123 Å². The average Bonchev–Trinajstić information content (AvgIpc) is 2.94. The van der Waals surface area contributed by atoms with Crippen LogP contribution < -0.4 is 15.8 Å². The maximum Gasteiger partial charge on any atom is 0.407 e. The first-order valence-corrected chi connectivity index (χ1v) is 6.62. The van der Waals surface area contributed by atoms with E-state index >= 15 is 0 Å². The molecule has 2 rings (SSSR count). The molecule has 2 amide bonds. The van der Waals surface area contributed by atoms with Gasteiger partial charge in [-0.3, -0.25) is 4.79 Å². The number of benzene rings is 1. The first kappa shape index (κ1) is 15.0. The lowest BCUT2D eigenvalue weighted by molar-refractivity contribution is 0.0788. The standard InChI is InChI=1S/C14H19N3O4/c1-20-12-4-3-9(7-11(12)15)13(18)17-6-5-10(8-17)16-14(19)21-2/h3-4,7,10H,5-6,8,15H2,1-2H3,(H,16,19). The van der Waals surface area contributed by atoms with E-state index in [9.17, 15) is 9.59 Å². The highest BCUT2D eigenvalue weighted by molar-refractivity contribution is 5.95. The normalized spacial score (nSPS) is 17.4. The number of nitrogens with zero attached hydrogens (tertiary/aromatic N) is 1. The lowest BCUT2D eigenvalue weighted by Crippen LogP contribution is -2.38. The molecule has 7 heteroatoms. The van der Waals surface area contributed by atoms with Gasteiger partial charge in [0.15, 0.2) is 0 Å². The number of carbonyl (C=O) groups is 2. The fraction of sp³-hybridized carbons (Fsp3) is 0.429. The van der Waals surface area contributed by atoms with Crippen LogP contribution in [0.5, 0.6) is 5.75 Å². The second kappa shape index (κ2) is 6.34. The van der Waals surface area contributed by atoms with Crippen LogP contribution in [0, 0.1) is 0 Å². The number of carbonyl (C=O) groups excluding carboxylic acids is 2. The Morgan fingerprint density at radius 3 is 2.76 bits per heavy atom. The fourth-order valence-corrected chi connectivity index (χ4v) is 2.34. The van der Waals surface area contributed by atoms with Crippen molar-refractivity contribution in [2.45, 2.75) is 12.5 Å². The van der Waals surface area contributed by atoms with Crippen molar-refractivity contribution in [1.29, 1.82) is 0 Å². The van der Waals surface area contributed by atoms with Gasteiger partial charge >= 0.3 is 6.09 Å². The van der Waals surface area contributed by atoms with Crippen molar-refractivity contribution in [2.24, 2.45) is 0 Å². The van der Waals surface area contributed by atoms with Gasteiger partial charge in [-0.2, -0.15) is 0 Å². The van der Waals surface area contributed by atoms with Crippen molar-refractivity contribution in [3.05, 3.63) is 23.8 Å². The minimum absolute atomic E-state index is 0.0861. The smallest absolute Gasteiger partial charge is 0.407 e. The fourth-order valence-electron chi connectivity index (χ4n) is 2.34. The Bertz CT molecular complexity index is 547. The topological polar surface area (TPSA) is 93.9 Å². The SMILES string of the molecule is COC(=O)NC1CCN(C(=O)c2ccc(OC)c(N)c2)C1. The van der Waals surface area contributed by atoms with Crippen LogP contribution in [0.3, 0.4) is 0 Å². The third-order valence-electron chi connectivity index (χ3n) is 3.46. The molecule has 1 atom stereocenters. The molecule has 1 aliphatic heterocycles. The van der Waals surface area contributed by atoms with Crippen LogP contribution in [0.4, 0.5) is 10.5 Å². The largest absolute Gasteiger partial charge is 0.495 e. The minimum Gasteiger partial charge on any atom is -0.495 e. The summed E-state index contributed by atoms with van der Waals surface area (Å²) in [4.78, 5) is 25.2. The number of methoxy groups -OCH3 is 2. The number of nitrogens with one attached hydrogen (secondary N) is 1. The molecule has 1 aromatic rings. The van der Waals surface area contributed by atoms with Gasteiger partial charge in [-0.15, -0.1) is 0 Å². The molecule has 0 aromatic heterocycles. The van der Waals surface area contributed by atoms with Crippen molar-refractivity contribution < 1.29 is 19.1 Å². The number of nitrogens with two attached hydrogens (primary N) is 1. The number of nitrogen functional groups attached to an aromatic ring is 1. The average molecular weight is 293 g/mol. The van der Waals surface area contributed by atoms with Crippen LogP contribution in [0.25, 0.3) is 0 Å². The summed E-state index contributed by atoms with van der Waals surface area (Å²) in [6.45, 7) is 1.04. The minimum atomic E-state index is -0.483. The molecule has 1 fully saturated rings. The quantitative estimate of drug-likeness (QED) is 0.806. The van der Waals surface area contributed by atoms with Gasteiger partial charge in [-0.05, 0) is 24.6 Å². The molecule has 1 aromatic carbocycles. The summed E-state index contributed by atoms with van der Waals surface area (Å²) in [6, 6.07) is 4.86. The predicted octanol–water partition coefficient (Wildman–Crippen LogP) is 0.848. The molecule has 0 saturated carbocycles. The van der Waals surface area contributed by atoms with Crippen molar-refractivity contribution in [1.82, 2.24) is 10.2 Å². The second-order valence-electron chi connectivity index (χ2n) is 4.83. The first-order chi connectivity index (χ1) is 10.0. The number of likely N-dealkylation sites (tertiary alicyclic amines) is 1. The third kappa shape index (κ3) is 3.36. The summed E-state index contributed by atoms with van der Waals surface area (Å²) in [5.41, 5.74) is 6.74. The zero-order valence-electron chi connectivity index (χ0n) is 12.1. The lowest BCUT2D eigenvalue weighted by atomic mass is 10.1. The summed E-state index contributed by atoms with van der Waals surface area (Å²) in [7, 11) is 2.84. The van der Waals surface area contributed by atoms with Crippen LogP contribution in [0.15, 0.2) is 18.2 Å². The number of amides is 2. The number of rotatable bonds is 3. The van der Waals surface area contributed by atoms with E-state index in [1.165, 1.54) is 14.2 Å². The number of anilines is 1. The van der Waals surface area contributed by atoms with Gasteiger partial charge in [0, 0.05) is 18.7 Å². The van der Waals surface area contributed by atoms with Gasteiger partial charge < -0.3 is 25.4 Å². The highest BCUT2D eigenvalue weighted by Crippen LogP contribution is 2.23. The Kier molecular flexibility index (Phi) is 4.52. The predicted molar refractivity (Wildman–Crippen MR) is 77.3 cm³/mol. The summed E-state index contributed by atoms with van der Waals surface area (Å²) in [5.74, 6) is 0.428. The van der Waals surface area contributed by atoms with Gasteiger partial charge in [0.05, 0.1) is 25.9 Å². The van der Waals surface area contributed by atoms with Gasteiger partial charge in [0.1, 0.15) is 5.75 Å². The molecule has 0 radical (unpaired) electrons. The molecule has 0 bridgehead atoms. The highest BCUT2D eigenvalue weighted by Gasteiger charge is 2.28. The second-order valence-corrected chi connectivity index (χ2v) is 4.83. The van der Waals surface area contributed by atoms with E-state index in [-0.39, 0.29) is 11.9 Å². The number of ether oxygens (including phenoxy) is 2. The van der Waals surface area contributed by atoms with Crippen LogP contribution in [0.1, 0.15) is 16.8 Å². The number of hydrogen-bond acceptors (Lipinski definition) is 5. The Hall–Kier alpha value is -2.44. The van der Waals surface area contributed by atoms with Gasteiger partial charge in [-0.1, -0.05) is 0 Å². The molecule has 114 valence electrons. The van der Waals surface area contributed by atoms with E-state index in [2.05, 4.69) is 10.1 Å². The number of alkyl carbamates (subject to hydrolysis) is 1. The summed E-state index contributed by atoms with van der Waals surface area (Å²) in [5, 5.41) is 2.69. The molecule has 3 N–H and O–H groups in total. The molecule has 1 saturated heterocycles. The van der Waals surface area contributed by atoms with Crippen molar-refractivity contribution in [2.75, 3.05) is 33.0 Å². The van der Waals surface area contributed by atoms with Gasteiger partial charge in [0.2, 0.25) is 0 Å². The van der Waals surface area contributed by atoms with Gasteiger partial charge in [-0.25, -0.2) is 4.79 Å². The molecule has 21 heavy (non-hydrogen) atoms. The molecule has 7 nitrogen and oxygen atoms in total.